The second-order valence-corrected chi connectivity index (χ2v) is 20.9. The number of Topliss-reactive ketones (excluding diaryl/α,β-unsaturated/α-hetero) is 1. The van der Waals surface area contributed by atoms with Gasteiger partial charge in [-0.15, -0.1) is 0 Å². The van der Waals surface area contributed by atoms with E-state index in [0.717, 1.165) is 56.9 Å². The predicted molar refractivity (Wildman–Crippen MR) is 213 cm³/mol. The molecule has 4 saturated carbocycles. The maximum absolute atomic E-state index is 14.4. The van der Waals surface area contributed by atoms with Gasteiger partial charge in [-0.3, -0.25) is 23.9 Å². The Bertz CT molecular complexity index is 2050. The highest BCUT2D eigenvalue weighted by Gasteiger charge is 2.71. The summed E-state index contributed by atoms with van der Waals surface area (Å²) in [6, 6.07) is 3.42. The van der Waals surface area contributed by atoms with E-state index in [1.807, 2.05) is 11.7 Å². The zero-order valence-electron chi connectivity index (χ0n) is 34.3. The van der Waals surface area contributed by atoms with Gasteiger partial charge in [-0.2, -0.15) is 4.68 Å². The fourth-order valence-corrected chi connectivity index (χ4v) is 14.1. The standard InChI is InChI=1S/C44H59Cl2N3O6/c1-24(2)33-27(50)21-44(36-35(46)37(52)49(48(36)10)31-14-11-25(45)23-47-31)20-19-42(8)26(34(33)44)12-13-29-41(7)17-16-30(55-32(51)22-39(3,4)38(53)54)40(5,6)28(41)15-18-43(29,42)9/h11,14,23-24,26,28-30H,12-13,15-22H2,1-10H3,(H,53,54)/t26-,28+,29-,30+,41?,42-,43-,44-/m1/s1. The number of ether oxygens (including phenoxy) is 1. The Hall–Kier alpha value is -2.91. The van der Waals surface area contributed by atoms with Gasteiger partial charge >= 0.3 is 11.9 Å². The van der Waals surface area contributed by atoms with E-state index in [9.17, 15) is 24.3 Å². The molecular formula is C44H59Cl2N3O6. The highest BCUT2D eigenvalue weighted by molar-refractivity contribution is 6.31. The number of carbonyl (C=O) groups excluding carboxylic acids is 2. The number of allylic oxidation sites excluding steroid dienone is 2. The summed E-state index contributed by atoms with van der Waals surface area (Å²) in [7, 11) is 1.86. The number of aromatic nitrogens is 3. The number of carboxylic acid groups (broad SMARTS) is 1. The van der Waals surface area contributed by atoms with Crippen molar-refractivity contribution in [1.82, 2.24) is 14.3 Å². The van der Waals surface area contributed by atoms with Gasteiger partial charge in [0.1, 0.15) is 11.1 Å². The number of esters is 1. The van der Waals surface area contributed by atoms with Crippen molar-refractivity contribution in [3.63, 3.8) is 0 Å². The Labute approximate surface area is 335 Å². The summed E-state index contributed by atoms with van der Waals surface area (Å²) in [5.41, 5.74) is 0.236. The number of hydrogen-bond donors (Lipinski definition) is 1. The van der Waals surface area contributed by atoms with E-state index >= 15 is 0 Å². The van der Waals surface area contributed by atoms with Crippen LogP contribution in [0.5, 0.6) is 0 Å². The van der Waals surface area contributed by atoms with Gasteiger partial charge in [0, 0.05) is 30.5 Å². The normalized spacial score (nSPS) is 35.5. The average Bonchev–Trinajstić information content (AvgIpc) is 3.51. The maximum atomic E-state index is 14.4. The first kappa shape index (κ1) is 40.3. The number of nitrogens with zero attached hydrogens (tertiary/aromatic N) is 3. The van der Waals surface area contributed by atoms with Crippen molar-refractivity contribution in [3.8, 4) is 5.82 Å². The lowest BCUT2D eigenvalue weighted by Crippen LogP contribution is -2.66. The summed E-state index contributed by atoms with van der Waals surface area (Å²) >= 11 is 13.3. The topological polar surface area (TPSA) is 120 Å². The van der Waals surface area contributed by atoms with Crippen molar-refractivity contribution in [2.45, 2.75) is 138 Å². The molecule has 0 amide bonds. The molecule has 8 atom stereocenters. The number of pyridine rings is 1. The van der Waals surface area contributed by atoms with Gasteiger partial charge in [-0.25, -0.2) is 4.98 Å². The lowest BCUT2D eigenvalue weighted by atomic mass is 9.33. The number of ketones is 1. The van der Waals surface area contributed by atoms with Crippen molar-refractivity contribution >= 4 is 40.9 Å². The first-order valence-corrected chi connectivity index (χ1v) is 21.0. The molecule has 0 aliphatic heterocycles. The molecule has 9 nitrogen and oxygen atoms in total. The average molecular weight is 797 g/mol. The largest absolute Gasteiger partial charge is 0.481 e. The summed E-state index contributed by atoms with van der Waals surface area (Å²) in [4.78, 5) is 57.7. The Morgan fingerprint density at radius 1 is 0.964 bits per heavy atom. The van der Waals surface area contributed by atoms with E-state index in [1.165, 1.54) is 16.5 Å². The number of carbonyl (C=O) groups is 3. The van der Waals surface area contributed by atoms with Gasteiger partial charge in [0.15, 0.2) is 11.6 Å². The molecule has 2 aromatic heterocycles. The van der Waals surface area contributed by atoms with Crippen LogP contribution in [0.3, 0.4) is 0 Å². The van der Waals surface area contributed by atoms with Crippen LogP contribution in [0.4, 0.5) is 0 Å². The zero-order chi connectivity index (χ0) is 40.4. The number of hydrogen-bond acceptors (Lipinski definition) is 6. The summed E-state index contributed by atoms with van der Waals surface area (Å²) in [6.07, 6.45) is 8.74. The van der Waals surface area contributed by atoms with Crippen LogP contribution in [-0.4, -0.2) is 43.3 Å². The maximum Gasteiger partial charge on any atom is 0.309 e. The molecule has 0 bridgehead atoms. The molecule has 2 heterocycles. The van der Waals surface area contributed by atoms with E-state index in [4.69, 9.17) is 27.9 Å². The van der Waals surface area contributed by atoms with Crippen LogP contribution in [0.2, 0.25) is 10.0 Å². The Morgan fingerprint density at radius 3 is 2.27 bits per heavy atom. The van der Waals surface area contributed by atoms with Crippen molar-refractivity contribution in [2.24, 2.45) is 57.8 Å². The molecule has 4 fully saturated rings. The summed E-state index contributed by atoms with van der Waals surface area (Å²) in [6.45, 7) is 19.4. The molecule has 0 aromatic carbocycles. The fraction of sp³-hybridized carbons (Fsp3) is 0.705. The Kier molecular flexibility index (Phi) is 9.56. The second kappa shape index (κ2) is 13.1. The molecule has 5 aliphatic rings. The summed E-state index contributed by atoms with van der Waals surface area (Å²) in [5, 5.41) is 10.3. The lowest BCUT2D eigenvalue weighted by molar-refractivity contribution is -0.232. The molecule has 300 valence electrons. The first-order chi connectivity index (χ1) is 25.5. The van der Waals surface area contributed by atoms with Crippen LogP contribution < -0.4 is 5.56 Å². The highest BCUT2D eigenvalue weighted by atomic mass is 35.5. The number of aliphatic carboxylic acids is 1. The molecular weight excluding hydrogens is 737 g/mol. The minimum absolute atomic E-state index is 0.0129. The summed E-state index contributed by atoms with van der Waals surface area (Å²) < 4.78 is 9.53. The molecule has 0 spiro atoms. The quantitative estimate of drug-likeness (QED) is 0.277. The molecule has 7 rings (SSSR count). The fourth-order valence-electron chi connectivity index (χ4n) is 13.6. The van der Waals surface area contributed by atoms with E-state index in [0.29, 0.717) is 34.8 Å². The third kappa shape index (κ3) is 5.61. The minimum Gasteiger partial charge on any atom is -0.481 e. The van der Waals surface area contributed by atoms with Crippen LogP contribution in [-0.2, 0) is 31.6 Å². The van der Waals surface area contributed by atoms with Gasteiger partial charge in [-0.05, 0) is 128 Å². The van der Waals surface area contributed by atoms with Crippen LogP contribution >= 0.6 is 23.2 Å². The number of halogens is 2. The lowest BCUT2D eigenvalue weighted by Gasteiger charge is -2.72. The molecule has 0 radical (unpaired) electrons. The zero-order valence-corrected chi connectivity index (χ0v) is 35.8. The van der Waals surface area contributed by atoms with Crippen LogP contribution in [0.25, 0.3) is 5.82 Å². The highest BCUT2D eigenvalue weighted by Crippen LogP contribution is 2.77. The van der Waals surface area contributed by atoms with Gasteiger partial charge < -0.3 is 9.84 Å². The van der Waals surface area contributed by atoms with Crippen molar-refractivity contribution in [3.05, 3.63) is 55.6 Å². The Balaban J connectivity index is 1.26. The van der Waals surface area contributed by atoms with E-state index in [2.05, 4.69) is 53.5 Å². The number of carboxylic acids is 1. The third-order valence-electron chi connectivity index (χ3n) is 16.4. The van der Waals surface area contributed by atoms with Gasteiger partial charge in [0.2, 0.25) is 0 Å². The van der Waals surface area contributed by atoms with Crippen molar-refractivity contribution in [1.29, 1.82) is 0 Å². The molecule has 1 N–H and O–H groups in total. The predicted octanol–water partition coefficient (Wildman–Crippen LogP) is 9.52. The third-order valence-corrected chi connectivity index (χ3v) is 17.0. The second-order valence-electron chi connectivity index (χ2n) is 20.1. The SMILES string of the molecule is CC(C)C1=C2[C@H]3CC[C@@H]4C5(C)CC[C@H](OC(=O)CC(C)(C)C(=O)O)C(C)(C)[C@@H]5CC[C@@]4(C)[C@]3(C)CC[C@@]2(c2c(Cl)c(=O)n(-c3ccc(Cl)cn3)n2C)CC1=O. The molecule has 5 aliphatic carbocycles. The van der Waals surface area contributed by atoms with Crippen LogP contribution in [0, 0.1) is 50.7 Å². The number of rotatable bonds is 7. The first-order valence-electron chi connectivity index (χ1n) is 20.3. The van der Waals surface area contributed by atoms with Gasteiger partial charge in [0.05, 0.1) is 22.6 Å². The van der Waals surface area contributed by atoms with Crippen molar-refractivity contribution < 1.29 is 24.2 Å². The van der Waals surface area contributed by atoms with E-state index in [-0.39, 0.29) is 62.4 Å². The van der Waals surface area contributed by atoms with E-state index < -0.39 is 22.8 Å². The molecule has 55 heavy (non-hydrogen) atoms. The van der Waals surface area contributed by atoms with Crippen LogP contribution in [0.15, 0.2) is 34.3 Å². The minimum atomic E-state index is -1.19. The molecule has 2 aromatic rings. The van der Waals surface area contributed by atoms with Crippen LogP contribution in [0.1, 0.15) is 132 Å². The number of fused-ring (bicyclic) bond motifs is 7. The summed E-state index contributed by atoms with van der Waals surface area (Å²) in [5.74, 6) is 0.0853. The molecule has 0 saturated heterocycles. The Morgan fingerprint density at radius 2 is 1.65 bits per heavy atom. The molecule has 1 unspecified atom stereocenters. The van der Waals surface area contributed by atoms with E-state index in [1.54, 1.807) is 26.0 Å². The smallest absolute Gasteiger partial charge is 0.309 e. The van der Waals surface area contributed by atoms with Gasteiger partial charge in [-0.1, -0.05) is 71.7 Å². The van der Waals surface area contributed by atoms with Crippen molar-refractivity contribution in [2.75, 3.05) is 0 Å². The van der Waals surface area contributed by atoms with Gasteiger partial charge in [0.25, 0.3) is 5.56 Å². The molecule has 11 heteroatoms. The monoisotopic (exact) mass is 795 g/mol.